The van der Waals surface area contributed by atoms with Crippen molar-refractivity contribution in [1.82, 2.24) is 4.98 Å². The lowest BCUT2D eigenvalue weighted by molar-refractivity contribution is -0.136. The second kappa shape index (κ2) is 5.37. The Bertz CT molecular complexity index is 824. The average Bonchev–Trinajstić information content (AvgIpc) is 2.47. The molecule has 2 aromatic carbocycles. The summed E-state index contributed by atoms with van der Waals surface area (Å²) in [6.07, 6.45) is 0.0298. The van der Waals surface area contributed by atoms with Crippen LogP contribution in [-0.2, 0) is 11.2 Å². The van der Waals surface area contributed by atoms with E-state index < -0.39 is 5.97 Å². The third-order valence-corrected chi connectivity index (χ3v) is 3.52. The SMILES string of the molecule is Cc1cccc(-c2ccc(CC(=O)O)c3ccccc23)n1. The number of aryl methyl sites for hydroxylation is 1. The largest absolute Gasteiger partial charge is 0.481 e. The predicted octanol–water partition coefficient (Wildman–Crippen LogP) is 3.84. The molecule has 0 fully saturated rings. The van der Waals surface area contributed by atoms with E-state index in [2.05, 4.69) is 4.98 Å². The van der Waals surface area contributed by atoms with Gasteiger partial charge in [-0.3, -0.25) is 9.78 Å². The summed E-state index contributed by atoms with van der Waals surface area (Å²) in [5.74, 6) is -0.818. The van der Waals surface area contributed by atoms with Gasteiger partial charge in [0.05, 0.1) is 12.1 Å². The van der Waals surface area contributed by atoms with Crippen molar-refractivity contribution in [2.45, 2.75) is 13.3 Å². The van der Waals surface area contributed by atoms with Crippen LogP contribution in [0.15, 0.2) is 54.6 Å². The maximum Gasteiger partial charge on any atom is 0.307 e. The van der Waals surface area contributed by atoms with Crippen molar-refractivity contribution >= 4 is 16.7 Å². The molecular weight excluding hydrogens is 262 g/mol. The first-order chi connectivity index (χ1) is 10.1. The van der Waals surface area contributed by atoms with Crippen LogP contribution in [0.4, 0.5) is 0 Å². The van der Waals surface area contributed by atoms with Crippen LogP contribution in [-0.4, -0.2) is 16.1 Å². The predicted molar refractivity (Wildman–Crippen MR) is 83.3 cm³/mol. The molecule has 1 aromatic heterocycles. The van der Waals surface area contributed by atoms with Crippen molar-refractivity contribution in [2.24, 2.45) is 0 Å². The monoisotopic (exact) mass is 277 g/mol. The third kappa shape index (κ3) is 2.63. The van der Waals surface area contributed by atoms with E-state index in [1.807, 2.05) is 61.5 Å². The zero-order chi connectivity index (χ0) is 14.8. The number of rotatable bonds is 3. The lowest BCUT2D eigenvalue weighted by Gasteiger charge is -2.10. The molecule has 1 N–H and O–H groups in total. The molecule has 0 bridgehead atoms. The molecule has 0 aliphatic heterocycles. The first-order valence-electron chi connectivity index (χ1n) is 6.81. The first kappa shape index (κ1) is 13.3. The molecule has 0 radical (unpaired) electrons. The van der Waals surface area contributed by atoms with Gasteiger partial charge in [0.1, 0.15) is 0 Å². The molecule has 0 unspecified atom stereocenters. The van der Waals surface area contributed by atoms with Gasteiger partial charge in [0.15, 0.2) is 0 Å². The maximum absolute atomic E-state index is 11.0. The Hall–Kier alpha value is -2.68. The van der Waals surface area contributed by atoms with E-state index in [1.165, 1.54) is 0 Å². The van der Waals surface area contributed by atoms with Crippen molar-refractivity contribution in [2.75, 3.05) is 0 Å². The Morgan fingerprint density at radius 1 is 1.00 bits per heavy atom. The zero-order valence-electron chi connectivity index (χ0n) is 11.7. The second-order valence-corrected chi connectivity index (χ2v) is 5.05. The number of aliphatic carboxylic acids is 1. The van der Waals surface area contributed by atoms with E-state index in [0.717, 1.165) is 33.3 Å². The molecule has 3 rings (SSSR count). The summed E-state index contributed by atoms with van der Waals surface area (Å²) in [6, 6.07) is 17.6. The van der Waals surface area contributed by atoms with Crippen molar-refractivity contribution < 1.29 is 9.90 Å². The van der Waals surface area contributed by atoms with Crippen molar-refractivity contribution in [3.05, 3.63) is 65.9 Å². The van der Waals surface area contributed by atoms with Crippen LogP contribution >= 0.6 is 0 Å². The number of benzene rings is 2. The van der Waals surface area contributed by atoms with Gasteiger partial charge in [-0.25, -0.2) is 0 Å². The Labute approximate surface area is 122 Å². The van der Waals surface area contributed by atoms with Gasteiger partial charge in [-0.05, 0) is 35.4 Å². The summed E-state index contributed by atoms with van der Waals surface area (Å²) in [5.41, 5.74) is 3.73. The average molecular weight is 277 g/mol. The minimum Gasteiger partial charge on any atom is -0.481 e. The number of hydrogen-bond acceptors (Lipinski definition) is 2. The molecule has 0 aliphatic carbocycles. The molecule has 3 heteroatoms. The molecule has 0 spiro atoms. The summed E-state index contributed by atoms with van der Waals surface area (Å²) in [7, 11) is 0. The topological polar surface area (TPSA) is 50.2 Å². The lowest BCUT2D eigenvalue weighted by Crippen LogP contribution is -2.01. The maximum atomic E-state index is 11.0. The van der Waals surface area contributed by atoms with Gasteiger partial charge >= 0.3 is 5.97 Å². The van der Waals surface area contributed by atoms with Gasteiger partial charge in [-0.2, -0.15) is 0 Å². The quantitative estimate of drug-likeness (QED) is 0.791. The summed E-state index contributed by atoms with van der Waals surface area (Å²) in [4.78, 5) is 15.6. The number of carboxylic acid groups (broad SMARTS) is 1. The van der Waals surface area contributed by atoms with E-state index >= 15 is 0 Å². The van der Waals surface area contributed by atoms with Crippen molar-refractivity contribution in [3.63, 3.8) is 0 Å². The molecule has 0 amide bonds. The van der Waals surface area contributed by atoms with Gasteiger partial charge in [0.2, 0.25) is 0 Å². The molecule has 3 aromatic rings. The standard InChI is InChI=1S/C18H15NO2/c1-12-5-4-8-17(19-12)16-10-9-13(11-18(20)21)14-6-2-3-7-15(14)16/h2-10H,11H2,1H3,(H,20,21). The van der Waals surface area contributed by atoms with Crippen LogP contribution in [0, 0.1) is 6.92 Å². The minimum atomic E-state index is -0.818. The molecule has 0 saturated heterocycles. The lowest BCUT2D eigenvalue weighted by atomic mass is 9.96. The number of carbonyl (C=O) groups is 1. The van der Waals surface area contributed by atoms with E-state index in [4.69, 9.17) is 5.11 Å². The Morgan fingerprint density at radius 2 is 1.76 bits per heavy atom. The van der Waals surface area contributed by atoms with Crippen LogP contribution in [0.1, 0.15) is 11.3 Å². The number of hydrogen-bond donors (Lipinski definition) is 1. The molecule has 1 heterocycles. The van der Waals surface area contributed by atoms with Gasteiger partial charge in [-0.1, -0.05) is 42.5 Å². The van der Waals surface area contributed by atoms with Crippen LogP contribution in [0.3, 0.4) is 0 Å². The highest BCUT2D eigenvalue weighted by Crippen LogP contribution is 2.30. The molecule has 0 atom stereocenters. The summed E-state index contributed by atoms with van der Waals surface area (Å²) in [5, 5.41) is 11.0. The van der Waals surface area contributed by atoms with Crippen molar-refractivity contribution in [1.29, 1.82) is 0 Å². The Balaban J connectivity index is 2.24. The second-order valence-electron chi connectivity index (χ2n) is 5.05. The summed E-state index contributed by atoms with van der Waals surface area (Å²) < 4.78 is 0. The fourth-order valence-electron chi connectivity index (χ4n) is 2.59. The van der Waals surface area contributed by atoms with Crippen LogP contribution < -0.4 is 0 Å². The smallest absolute Gasteiger partial charge is 0.307 e. The van der Waals surface area contributed by atoms with Gasteiger partial charge in [-0.15, -0.1) is 0 Å². The van der Waals surface area contributed by atoms with Gasteiger partial charge < -0.3 is 5.11 Å². The van der Waals surface area contributed by atoms with Gasteiger partial charge in [0, 0.05) is 11.3 Å². The molecule has 0 aliphatic rings. The van der Waals surface area contributed by atoms with Gasteiger partial charge in [0.25, 0.3) is 0 Å². The molecule has 3 nitrogen and oxygen atoms in total. The highest BCUT2D eigenvalue weighted by atomic mass is 16.4. The Morgan fingerprint density at radius 3 is 2.48 bits per heavy atom. The van der Waals surface area contributed by atoms with Crippen LogP contribution in [0.2, 0.25) is 0 Å². The van der Waals surface area contributed by atoms with Crippen molar-refractivity contribution in [3.8, 4) is 11.3 Å². The fourth-order valence-corrected chi connectivity index (χ4v) is 2.59. The number of nitrogens with zero attached hydrogens (tertiary/aromatic N) is 1. The normalized spacial score (nSPS) is 10.7. The highest BCUT2D eigenvalue weighted by Gasteiger charge is 2.10. The summed E-state index contributed by atoms with van der Waals surface area (Å²) >= 11 is 0. The summed E-state index contributed by atoms with van der Waals surface area (Å²) in [6.45, 7) is 1.96. The van der Waals surface area contributed by atoms with Crippen LogP contribution in [0.5, 0.6) is 0 Å². The highest BCUT2D eigenvalue weighted by molar-refractivity contribution is 5.99. The molecule has 104 valence electrons. The zero-order valence-corrected chi connectivity index (χ0v) is 11.7. The third-order valence-electron chi connectivity index (χ3n) is 3.52. The number of carboxylic acids is 1. The fraction of sp³-hybridized carbons (Fsp3) is 0.111. The van der Waals surface area contributed by atoms with E-state index in [-0.39, 0.29) is 6.42 Å². The van der Waals surface area contributed by atoms with E-state index in [1.54, 1.807) is 0 Å². The van der Waals surface area contributed by atoms with E-state index in [0.29, 0.717) is 0 Å². The number of aromatic nitrogens is 1. The molecular formula is C18H15NO2. The molecule has 21 heavy (non-hydrogen) atoms. The number of fused-ring (bicyclic) bond motifs is 1. The van der Waals surface area contributed by atoms with E-state index in [9.17, 15) is 4.79 Å². The van der Waals surface area contributed by atoms with Crippen LogP contribution in [0.25, 0.3) is 22.0 Å². The Kier molecular flexibility index (Phi) is 3.40. The first-order valence-corrected chi connectivity index (χ1v) is 6.81. The number of pyridine rings is 1. The molecule has 0 saturated carbocycles. The minimum absolute atomic E-state index is 0.0298.